The predicted molar refractivity (Wildman–Crippen MR) is 101 cm³/mol. The maximum Gasteiger partial charge on any atom is 0.359 e. The lowest BCUT2D eigenvalue weighted by Crippen LogP contribution is -2.52. The molecule has 0 aromatic carbocycles. The lowest BCUT2D eigenvalue weighted by atomic mass is 9.64. The van der Waals surface area contributed by atoms with E-state index in [-0.39, 0.29) is 17.4 Å². The smallest absolute Gasteiger partial charge is 0.359 e. The van der Waals surface area contributed by atoms with Gasteiger partial charge in [-0.2, -0.15) is 4.57 Å². The molecule has 5 nitrogen and oxygen atoms in total. The molecule has 1 aliphatic carbocycles. The van der Waals surface area contributed by atoms with Crippen LogP contribution in [0.4, 0.5) is 5.82 Å². The molecule has 1 aromatic heterocycles. The van der Waals surface area contributed by atoms with Crippen LogP contribution in [-0.4, -0.2) is 24.0 Å². The van der Waals surface area contributed by atoms with Crippen molar-refractivity contribution < 1.29 is 14.1 Å². The van der Waals surface area contributed by atoms with Gasteiger partial charge in [0, 0.05) is 17.4 Å². The highest BCUT2D eigenvalue weighted by atomic mass is 16.5. The van der Waals surface area contributed by atoms with E-state index in [0.29, 0.717) is 24.0 Å². The maximum absolute atomic E-state index is 13.2. The Balaban J connectivity index is 2.04. The van der Waals surface area contributed by atoms with Crippen molar-refractivity contribution in [3.63, 3.8) is 0 Å². The van der Waals surface area contributed by atoms with E-state index in [1.54, 1.807) is 19.4 Å². The number of anilines is 1. The number of rotatable bonds is 4. The van der Waals surface area contributed by atoms with Crippen molar-refractivity contribution in [1.82, 2.24) is 4.98 Å². The highest BCUT2D eigenvalue weighted by Gasteiger charge is 2.49. The zero-order chi connectivity index (χ0) is 19.1. The zero-order valence-corrected chi connectivity index (χ0v) is 16.3. The Kier molecular flexibility index (Phi) is 4.79. The SMILES string of the molecule is C#C/C=C(/CC1Nc2cnc3c([n+]2C1=O)C(C)CC(C)C3(C)CC)OC. The molecule has 0 saturated carbocycles. The second-order valence-corrected chi connectivity index (χ2v) is 7.74. The lowest BCUT2D eigenvalue weighted by Gasteiger charge is -2.41. The summed E-state index contributed by atoms with van der Waals surface area (Å²) in [6, 6.07) is -0.387. The van der Waals surface area contributed by atoms with E-state index in [9.17, 15) is 4.79 Å². The van der Waals surface area contributed by atoms with Crippen molar-refractivity contribution >= 4 is 11.7 Å². The van der Waals surface area contributed by atoms with Crippen LogP contribution in [-0.2, 0) is 10.2 Å². The highest BCUT2D eigenvalue weighted by Crippen LogP contribution is 2.46. The quantitative estimate of drug-likeness (QED) is 0.513. The van der Waals surface area contributed by atoms with Crippen LogP contribution >= 0.6 is 0 Å². The molecule has 1 N–H and O–H groups in total. The number of aromatic nitrogens is 2. The van der Waals surface area contributed by atoms with Crippen LogP contribution in [0.25, 0.3) is 0 Å². The number of allylic oxidation sites excluding steroid dienone is 1. The molecule has 0 bridgehead atoms. The van der Waals surface area contributed by atoms with Crippen LogP contribution in [0.2, 0.25) is 0 Å². The minimum absolute atomic E-state index is 0.0106. The summed E-state index contributed by atoms with van der Waals surface area (Å²) in [5.74, 6) is 4.70. The summed E-state index contributed by atoms with van der Waals surface area (Å²) in [5, 5.41) is 3.30. The Morgan fingerprint density at radius 2 is 2.31 bits per heavy atom. The van der Waals surface area contributed by atoms with Gasteiger partial charge in [0.1, 0.15) is 17.6 Å². The minimum Gasteiger partial charge on any atom is -0.500 e. The van der Waals surface area contributed by atoms with Gasteiger partial charge in [0.2, 0.25) is 6.04 Å². The third kappa shape index (κ3) is 2.68. The first-order valence-corrected chi connectivity index (χ1v) is 9.32. The summed E-state index contributed by atoms with van der Waals surface area (Å²) in [6.45, 7) is 8.96. The van der Waals surface area contributed by atoms with E-state index in [0.717, 1.165) is 30.0 Å². The van der Waals surface area contributed by atoms with Crippen LogP contribution in [0.3, 0.4) is 0 Å². The van der Waals surface area contributed by atoms with Crippen molar-refractivity contribution in [2.75, 3.05) is 12.4 Å². The largest absolute Gasteiger partial charge is 0.500 e. The monoisotopic (exact) mass is 354 g/mol. The maximum atomic E-state index is 13.2. The van der Waals surface area contributed by atoms with Gasteiger partial charge in [0.05, 0.1) is 19.2 Å². The number of nitrogens with one attached hydrogen (secondary N) is 1. The molecule has 3 rings (SSSR count). The molecule has 0 saturated heterocycles. The topological polar surface area (TPSA) is 55.1 Å². The molecule has 4 unspecified atom stereocenters. The Labute approximate surface area is 155 Å². The molecule has 0 spiro atoms. The van der Waals surface area contributed by atoms with E-state index in [1.165, 1.54) is 0 Å². The summed E-state index contributed by atoms with van der Waals surface area (Å²) in [7, 11) is 1.57. The summed E-state index contributed by atoms with van der Waals surface area (Å²) < 4.78 is 7.15. The number of terminal acetylenes is 1. The van der Waals surface area contributed by atoms with E-state index in [1.807, 2.05) is 4.57 Å². The van der Waals surface area contributed by atoms with Gasteiger partial charge in [0.15, 0.2) is 0 Å². The Morgan fingerprint density at radius 1 is 1.58 bits per heavy atom. The van der Waals surface area contributed by atoms with E-state index in [2.05, 4.69) is 38.9 Å². The van der Waals surface area contributed by atoms with Crippen molar-refractivity contribution in [3.05, 3.63) is 29.4 Å². The van der Waals surface area contributed by atoms with Crippen molar-refractivity contribution in [2.45, 2.75) is 64.3 Å². The number of carbonyl (C=O) groups excluding carboxylic acids is 1. The van der Waals surface area contributed by atoms with Gasteiger partial charge in [-0.25, -0.2) is 9.78 Å². The van der Waals surface area contributed by atoms with Gasteiger partial charge in [-0.05, 0) is 18.8 Å². The molecule has 0 fully saturated rings. The fourth-order valence-electron chi connectivity index (χ4n) is 4.40. The average Bonchev–Trinajstić information content (AvgIpc) is 2.94. The Bertz CT molecular complexity index is 808. The second-order valence-electron chi connectivity index (χ2n) is 7.74. The minimum atomic E-state index is -0.387. The fraction of sp³-hybridized carbons (Fsp3) is 0.571. The molecule has 1 aromatic rings. The number of methoxy groups -OCH3 is 1. The van der Waals surface area contributed by atoms with Gasteiger partial charge in [0.25, 0.3) is 0 Å². The third-order valence-electron chi connectivity index (χ3n) is 6.33. The Morgan fingerprint density at radius 3 is 2.92 bits per heavy atom. The molecule has 5 heteroatoms. The molecule has 0 radical (unpaired) electrons. The summed E-state index contributed by atoms with van der Waals surface area (Å²) >= 11 is 0. The first kappa shape index (κ1) is 18.4. The number of carbonyl (C=O) groups is 1. The second kappa shape index (κ2) is 6.75. The van der Waals surface area contributed by atoms with Crippen LogP contribution in [0.5, 0.6) is 0 Å². The summed E-state index contributed by atoms with van der Waals surface area (Å²) in [6.07, 6.45) is 11.2. The Hall–Kier alpha value is -2.35. The van der Waals surface area contributed by atoms with Gasteiger partial charge in [-0.15, -0.1) is 6.42 Å². The van der Waals surface area contributed by atoms with Crippen LogP contribution in [0.15, 0.2) is 18.0 Å². The van der Waals surface area contributed by atoms with Gasteiger partial charge >= 0.3 is 11.7 Å². The first-order valence-electron chi connectivity index (χ1n) is 9.32. The third-order valence-corrected chi connectivity index (χ3v) is 6.33. The molecule has 2 heterocycles. The van der Waals surface area contributed by atoms with Gasteiger partial charge < -0.3 is 4.74 Å². The number of nitrogens with zero attached hydrogens (tertiary/aromatic N) is 2. The number of hydrogen-bond acceptors (Lipinski definition) is 4. The molecule has 1 aliphatic heterocycles. The number of ether oxygens (including phenoxy) is 1. The summed E-state index contributed by atoms with van der Waals surface area (Å²) in [5.41, 5.74) is 2.12. The molecular formula is C21H28N3O2+. The van der Waals surface area contributed by atoms with Crippen molar-refractivity contribution in [3.8, 4) is 12.3 Å². The van der Waals surface area contributed by atoms with E-state index >= 15 is 0 Å². The molecule has 26 heavy (non-hydrogen) atoms. The average molecular weight is 354 g/mol. The van der Waals surface area contributed by atoms with Crippen LogP contribution < -0.4 is 9.88 Å². The first-order chi connectivity index (χ1) is 12.4. The number of fused-ring (bicyclic) bond motifs is 3. The molecule has 2 aliphatic rings. The van der Waals surface area contributed by atoms with E-state index in [4.69, 9.17) is 16.1 Å². The van der Waals surface area contributed by atoms with Crippen molar-refractivity contribution in [1.29, 1.82) is 0 Å². The van der Waals surface area contributed by atoms with Gasteiger partial charge in [-0.1, -0.05) is 33.6 Å². The highest BCUT2D eigenvalue weighted by molar-refractivity contribution is 5.82. The molecule has 4 atom stereocenters. The van der Waals surface area contributed by atoms with Crippen LogP contribution in [0, 0.1) is 18.3 Å². The fourth-order valence-corrected chi connectivity index (χ4v) is 4.40. The normalized spacial score (nSPS) is 30.2. The van der Waals surface area contributed by atoms with Crippen LogP contribution in [0.1, 0.15) is 69.1 Å². The molecular weight excluding hydrogens is 326 g/mol. The molecule has 0 amide bonds. The zero-order valence-electron chi connectivity index (χ0n) is 16.3. The standard InChI is InChI=1S/C21H27N3O2/c1-7-9-15(26-6)11-16-20(25)24-17(23-16)12-22-19-18(24)13(3)10-14(4)21(19,5)8-2/h1,9,12-14,16H,8,10-11H2,2-6H3/p+1/b15-9-. The van der Waals surface area contributed by atoms with Crippen molar-refractivity contribution in [2.24, 2.45) is 5.92 Å². The predicted octanol–water partition coefficient (Wildman–Crippen LogP) is 3.17. The molecule has 138 valence electrons. The van der Waals surface area contributed by atoms with Gasteiger partial charge in [-0.3, -0.25) is 5.32 Å². The number of hydrogen-bond donors (Lipinski definition) is 1. The summed E-state index contributed by atoms with van der Waals surface area (Å²) in [4.78, 5) is 18.0. The van der Waals surface area contributed by atoms with E-state index < -0.39 is 0 Å². The lowest BCUT2D eigenvalue weighted by molar-refractivity contribution is -0.565.